The van der Waals surface area contributed by atoms with Crippen molar-refractivity contribution in [3.05, 3.63) is 57.9 Å². The van der Waals surface area contributed by atoms with Gasteiger partial charge in [0.1, 0.15) is 0 Å². The highest BCUT2D eigenvalue weighted by Crippen LogP contribution is 2.57. The zero-order chi connectivity index (χ0) is 26.4. The van der Waals surface area contributed by atoms with Gasteiger partial charge in [0.05, 0.1) is 22.5 Å². The average Bonchev–Trinajstić information content (AvgIpc) is 3.08. The number of carbonyl (C=O) groups is 2. The Labute approximate surface area is 215 Å². The van der Waals surface area contributed by atoms with Crippen molar-refractivity contribution >= 4 is 23.2 Å². The van der Waals surface area contributed by atoms with Crippen molar-refractivity contribution in [2.75, 3.05) is 10.2 Å². The topological polar surface area (TPSA) is 49.4 Å². The molecule has 4 fully saturated rings. The quantitative estimate of drug-likeness (QED) is 0.334. The summed E-state index contributed by atoms with van der Waals surface area (Å²) in [7, 11) is 0. The molecule has 4 aliphatic carbocycles. The van der Waals surface area contributed by atoms with Gasteiger partial charge in [-0.1, -0.05) is 45.9 Å². The molecule has 2 aromatic carbocycles. The van der Waals surface area contributed by atoms with Crippen LogP contribution in [0.2, 0.25) is 0 Å². The summed E-state index contributed by atoms with van der Waals surface area (Å²) in [4.78, 5) is 28.6. The van der Waals surface area contributed by atoms with Crippen LogP contribution in [0.25, 0.3) is 0 Å². The van der Waals surface area contributed by atoms with Crippen molar-refractivity contribution in [2.45, 2.75) is 83.6 Å². The summed E-state index contributed by atoms with van der Waals surface area (Å²) >= 11 is 0. The van der Waals surface area contributed by atoms with Crippen LogP contribution in [0.15, 0.2) is 18.2 Å². The number of para-hydroxylation sites is 1. The second kappa shape index (κ2) is 8.34. The van der Waals surface area contributed by atoms with Gasteiger partial charge in [-0.3, -0.25) is 9.59 Å². The number of benzene rings is 2. The minimum absolute atomic E-state index is 0.0408. The van der Waals surface area contributed by atoms with Gasteiger partial charge in [0.2, 0.25) is 0 Å². The molecule has 196 valence electrons. The van der Waals surface area contributed by atoms with E-state index in [9.17, 15) is 14.0 Å². The number of fused-ring (bicyclic) bond motifs is 1. The Hall–Kier alpha value is -2.83. The number of carbonyl (C=O) groups excluding carboxylic acids is 2. The predicted molar refractivity (Wildman–Crippen MR) is 137 cm³/mol. The zero-order valence-corrected chi connectivity index (χ0v) is 21.8. The number of hydrogen-bond donors (Lipinski definition) is 1. The molecule has 1 N–H and O–H groups in total. The first-order valence-corrected chi connectivity index (χ1v) is 13.5. The summed E-state index contributed by atoms with van der Waals surface area (Å²) in [5.74, 6) is -5.02. The van der Waals surface area contributed by atoms with E-state index in [1.54, 1.807) is 0 Å². The first-order chi connectivity index (χ1) is 17.5. The summed E-state index contributed by atoms with van der Waals surface area (Å²) < 4.78 is 45.7. The van der Waals surface area contributed by atoms with Crippen molar-refractivity contribution in [1.29, 1.82) is 0 Å². The first kappa shape index (κ1) is 24.5. The molecule has 0 unspecified atom stereocenters. The highest BCUT2D eigenvalue weighted by atomic mass is 19.2. The fraction of sp³-hybridized carbons (Fsp3) is 0.533. The van der Waals surface area contributed by atoms with E-state index in [-0.39, 0.29) is 23.1 Å². The highest BCUT2D eigenvalue weighted by molar-refractivity contribution is 6.36. The lowest BCUT2D eigenvalue weighted by molar-refractivity contribution is 0.0105. The number of halogens is 3. The molecule has 2 aromatic rings. The number of amides is 2. The third-order valence-corrected chi connectivity index (χ3v) is 9.15. The highest BCUT2D eigenvalue weighted by Gasteiger charge is 2.53. The molecule has 7 heteroatoms. The normalized spacial score (nSPS) is 28.1. The predicted octanol–water partition coefficient (Wildman–Crippen LogP) is 7.53. The molecule has 2 amide bonds. The van der Waals surface area contributed by atoms with E-state index >= 15 is 8.78 Å². The smallest absolute Gasteiger partial charge is 0.269 e. The molecule has 0 radical (unpaired) electrons. The van der Waals surface area contributed by atoms with E-state index < -0.39 is 40.4 Å². The Morgan fingerprint density at radius 2 is 1.27 bits per heavy atom. The first-order valence-electron chi connectivity index (χ1n) is 13.5. The van der Waals surface area contributed by atoms with E-state index in [0.29, 0.717) is 23.4 Å². The number of rotatable bonds is 5. The monoisotopic (exact) mass is 510 g/mol. The Bertz CT molecular complexity index is 1270. The lowest BCUT2D eigenvalue weighted by Gasteiger charge is -2.57. The molecule has 0 aromatic heterocycles. The number of anilines is 2. The van der Waals surface area contributed by atoms with Crippen molar-refractivity contribution in [1.82, 2.24) is 0 Å². The third kappa shape index (κ3) is 3.56. The molecule has 4 saturated carbocycles. The lowest BCUT2D eigenvalue weighted by atomic mass is 9.53. The maximum atomic E-state index is 15.5. The number of nitrogens with zero attached hydrogens (tertiary/aromatic N) is 1. The van der Waals surface area contributed by atoms with Crippen molar-refractivity contribution in [2.24, 2.45) is 17.8 Å². The van der Waals surface area contributed by atoms with E-state index in [4.69, 9.17) is 0 Å². The summed E-state index contributed by atoms with van der Waals surface area (Å²) in [6.07, 6.45) is 5.88. The van der Waals surface area contributed by atoms with Gasteiger partial charge in [0.15, 0.2) is 17.5 Å². The number of imide groups is 1. The molecular weight excluding hydrogens is 477 g/mol. The van der Waals surface area contributed by atoms with E-state index in [0.717, 1.165) is 54.6 Å². The second-order valence-corrected chi connectivity index (χ2v) is 12.4. The third-order valence-electron chi connectivity index (χ3n) is 9.15. The second-order valence-electron chi connectivity index (χ2n) is 12.4. The van der Waals surface area contributed by atoms with E-state index in [1.165, 1.54) is 0 Å². The van der Waals surface area contributed by atoms with Gasteiger partial charge in [0.25, 0.3) is 11.8 Å². The van der Waals surface area contributed by atoms with Gasteiger partial charge in [-0.15, -0.1) is 0 Å². The summed E-state index contributed by atoms with van der Waals surface area (Å²) in [6, 6.07) is 5.54. The van der Waals surface area contributed by atoms with E-state index in [1.807, 2.05) is 45.9 Å². The zero-order valence-electron chi connectivity index (χ0n) is 21.8. The standard InChI is InChI=1S/C30H33F3N2O2/c1-14(2)19-6-5-7-20(15(3)4)27(19)35-28(36)21-22(29(35)37)26(25(33)24(32)23(21)31)34-30-11-16-8-17(12-30)10-18(9-16)13-30/h5-7,14-18,34H,8-13H2,1-4H3. The largest absolute Gasteiger partial charge is 0.376 e. The molecule has 4 nitrogen and oxygen atoms in total. The van der Waals surface area contributed by atoms with Crippen molar-refractivity contribution in [3.63, 3.8) is 0 Å². The minimum Gasteiger partial charge on any atom is -0.376 e. The average molecular weight is 511 g/mol. The van der Waals surface area contributed by atoms with Crippen LogP contribution < -0.4 is 10.2 Å². The fourth-order valence-electron chi connectivity index (χ4n) is 8.01. The van der Waals surface area contributed by atoms with Gasteiger partial charge in [0, 0.05) is 5.54 Å². The number of hydrogen-bond acceptors (Lipinski definition) is 3. The molecule has 5 aliphatic rings. The van der Waals surface area contributed by atoms with Crippen LogP contribution in [0, 0.1) is 35.2 Å². The molecule has 37 heavy (non-hydrogen) atoms. The Balaban J connectivity index is 1.51. The van der Waals surface area contributed by atoms with Crippen molar-refractivity contribution in [3.8, 4) is 0 Å². The number of nitrogens with one attached hydrogen (secondary N) is 1. The molecule has 1 heterocycles. The van der Waals surface area contributed by atoms with Gasteiger partial charge < -0.3 is 5.32 Å². The Morgan fingerprint density at radius 3 is 1.76 bits per heavy atom. The maximum absolute atomic E-state index is 15.5. The molecule has 0 spiro atoms. The molecule has 0 atom stereocenters. The summed E-state index contributed by atoms with van der Waals surface area (Å²) in [5.41, 5.74) is -0.00171. The van der Waals surface area contributed by atoms with Gasteiger partial charge in [-0.25, -0.2) is 18.1 Å². The van der Waals surface area contributed by atoms with Gasteiger partial charge >= 0.3 is 0 Å². The molecular formula is C30H33F3N2O2. The minimum atomic E-state index is -1.71. The Kier molecular flexibility index (Phi) is 5.52. The van der Waals surface area contributed by atoms with Crippen LogP contribution in [-0.2, 0) is 0 Å². The van der Waals surface area contributed by atoms with Crippen LogP contribution in [0.3, 0.4) is 0 Å². The van der Waals surface area contributed by atoms with E-state index in [2.05, 4.69) is 5.32 Å². The SMILES string of the molecule is CC(C)c1cccc(C(C)C)c1N1C(=O)c2c(F)c(F)c(F)c(NC34CC5CC(CC(C5)C3)C4)c2C1=O. The van der Waals surface area contributed by atoms with Gasteiger partial charge in [-0.05, 0) is 79.2 Å². The maximum Gasteiger partial charge on any atom is 0.269 e. The Morgan fingerprint density at radius 1 is 0.784 bits per heavy atom. The molecule has 1 aliphatic heterocycles. The van der Waals surface area contributed by atoms with Crippen LogP contribution in [0.1, 0.15) is 110 Å². The van der Waals surface area contributed by atoms with Crippen molar-refractivity contribution < 1.29 is 22.8 Å². The molecule has 0 saturated heterocycles. The van der Waals surface area contributed by atoms with Crippen LogP contribution >= 0.6 is 0 Å². The summed E-state index contributed by atoms with van der Waals surface area (Å²) in [6.45, 7) is 7.78. The lowest BCUT2D eigenvalue weighted by Crippen LogP contribution is -2.55. The molecule has 7 rings (SSSR count). The van der Waals surface area contributed by atoms with Gasteiger partial charge in [-0.2, -0.15) is 0 Å². The summed E-state index contributed by atoms with van der Waals surface area (Å²) in [5, 5.41) is 3.24. The van der Waals surface area contributed by atoms with Crippen LogP contribution in [0.5, 0.6) is 0 Å². The van der Waals surface area contributed by atoms with Crippen LogP contribution in [-0.4, -0.2) is 17.4 Å². The fourth-order valence-corrected chi connectivity index (χ4v) is 8.01. The molecule has 4 bridgehead atoms. The van der Waals surface area contributed by atoms with Crippen LogP contribution in [0.4, 0.5) is 24.5 Å².